The number of ether oxygens (including phenoxy) is 1. The smallest absolute Gasteiger partial charge is 0.229 e. The molecule has 2 amide bonds. The predicted molar refractivity (Wildman–Crippen MR) is 72.1 cm³/mol. The zero-order valence-electron chi connectivity index (χ0n) is 11.2. The standard InChI is InChI=1S/C14H18N2O3/c1-9-3-5-11(12(7-9)19-2)16-14(18)10-4-6-13(17)15-8-10/h3,5,7,10H,4,6,8H2,1-2H3,(H,15,17)(H,16,18). The number of benzene rings is 1. The summed E-state index contributed by atoms with van der Waals surface area (Å²) in [5.41, 5.74) is 1.73. The van der Waals surface area contributed by atoms with Crippen molar-refractivity contribution in [2.45, 2.75) is 19.8 Å². The van der Waals surface area contributed by atoms with Crippen molar-refractivity contribution in [3.05, 3.63) is 23.8 Å². The highest BCUT2D eigenvalue weighted by molar-refractivity contribution is 5.95. The lowest BCUT2D eigenvalue weighted by molar-refractivity contribution is -0.126. The molecule has 1 aliphatic rings. The van der Waals surface area contributed by atoms with Gasteiger partial charge in [0, 0.05) is 13.0 Å². The maximum absolute atomic E-state index is 12.1. The Labute approximate surface area is 112 Å². The van der Waals surface area contributed by atoms with E-state index in [9.17, 15) is 9.59 Å². The van der Waals surface area contributed by atoms with E-state index in [1.807, 2.05) is 25.1 Å². The van der Waals surface area contributed by atoms with Crippen LogP contribution in [0.3, 0.4) is 0 Å². The molecule has 1 atom stereocenters. The minimum absolute atomic E-state index is 0.0111. The lowest BCUT2D eigenvalue weighted by atomic mass is 9.98. The number of amides is 2. The van der Waals surface area contributed by atoms with Gasteiger partial charge in [0.05, 0.1) is 18.7 Å². The highest BCUT2D eigenvalue weighted by Gasteiger charge is 2.24. The van der Waals surface area contributed by atoms with Gasteiger partial charge in [-0.25, -0.2) is 0 Å². The van der Waals surface area contributed by atoms with Gasteiger partial charge in [-0.15, -0.1) is 0 Å². The third-order valence-corrected chi connectivity index (χ3v) is 3.25. The highest BCUT2D eigenvalue weighted by Crippen LogP contribution is 2.26. The number of hydrogen-bond acceptors (Lipinski definition) is 3. The molecule has 1 fully saturated rings. The normalized spacial score (nSPS) is 18.6. The van der Waals surface area contributed by atoms with Crippen molar-refractivity contribution in [2.24, 2.45) is 5.92 Å². The van der Waals surface area contributed by atoms with Gasteiger partial charge in [0.2, 0.25) is 11.8 Å². The molecule has 1 saturated heterocycles. The number of piperidine rings is 1. The van der Waals surface area contributed by atoms with Crippen LogP contribution in [0.1, 0.15) is 18.4 Å². The summed E-state index contributed by atoms with van der Waals surface area (Å²) >= 11 is 0. The second-order valence-electron chi connectivity index (χ2n) is 4.73. The number of rotatable bonds is 3. The van der Waals surface area contributed by atoms with E-state index in [4.69, 9.17) is 4.74 Å². The molecule has 2 N–H and O–H groups in total. The first kappa shape index (κ1) is 13.4. The molecular formula is C14H18N2O3. The van der Waals surface area contributed by atoms with Crippen molar-refractivity contribution >= 4 is 17.5 Å². The number of methoxy groups -OCH3 is 1. The molecule has 0 spiro atoms. The summed E-state index contributed by atoms with van der Waals surface area (Å²) in [4.78, 5) is 23.2. The largest absolute Gasteiger partial charge is 0.495 e. The fraction of sp³-hybridized carbons (Fsp3) is 0.429. The van der Waals surface area contributed by atoms with Crippen LogP contribution in [-0.4, -0.2) is 25.5 Å². The second-order valence-corrected chi connectivity index (χ2v) is 4.73. The zero-order chi connectivity index (χ0) is 13.8. The first-order valence-electron chi connectivity index (χ1n) is 6.32. The Morgan fingerprint density at radius 1 is 1.47 bits per heavy atom. The average molecular weight is 262 g/mol. The number of carbonyl (C=O) groups is 2. The number of anilines is 1. The van der Waals surface area contributed by atoms with Crippen LogP contribution in [-0.2, 0) is 9.59 Å². The van der Waals surface area contributed by atoms with Gasteiger partial charge >= 0.3 is 0 Å². The second kappa shape index (κ2) is 5.73. The monoisotopic (exact) mass is 262 g/mol. The van der Waals surface area contributed by atoms with Crippen molar-refractivity contribution in [3.63, 3.8) is 0 Å². The summed E-state index contributed by atoms with van der Waals surface area (Å²) in [6.45, 7) is 2.36. The Bertz CT molecular complexity index is 489. The summed E-state index contributed by atoms with van der Waals surface area (Å²) in [7, 11) is 1.57. The molecule has 1 aromatic carbocycles. The van der Waals surface area contributed by atoms with Crippen molar-refractivity contribution in [1.29, 1.82) is 0 Å². The minimum atomic E-state index is -0.177. The van der Waals surface area contributed by atoms with E-state index in [2.05, 4.69) is 10.6 Å². The van der Waals surface area contributed by atoms with Gasteiger partial charge in [-0.3, -0.25) is 9.59 Å². The lowest BCUT2D eigenvalue weighted by Crippen LogP contribution is -2.40. The summed E-state index contributed by atoms with van der Waals surface area (Å²) in [5, 5.41) is 5.56. The van der Waals surface area contributed by atoms with Crippen LogP contribution in [0.5, 0.6) is 5.75 Å². The fourth-order valence-corrected chi connectivity index (χ4v) is 2.09. The molecule has 1 aromatic rings. The van der Waals surface area contributed by atoms with E-state index in [-0.39, 0.29) is 17.7 Å². The number of hydrogen-bond donors (Lipinski definition) is 2. The lowest BCUT2D eigenvalue weighted by Gasteiger charge is -2.22. The molecular weight excluding hydrogens is 244 g/mol. The summed E-state index contributed by atoms with van der Waals surface area (Å²) in [6, 6.07) is 5.62. The first-order chi connectivity index (χ1) is 9.10. The molecule has 19 heavy (non-hydrogen) atoms. The van der Waals surface area contributed by atoms with E-state index in [1.54, 1.807) is 7.11 Å². The number of nitrogens with one attached hydrogen (secondary N) is 2. The van der Waals surface area contributed by atoms with E-state index in [1.165, 1.54) is 0 Å². The van der Waals surface area contributed by atoms with E-state index in [0.29, 0.717) is 30.8 Å². The molecule has 1 heterocycles. The van der Waals surface area contributed by atoms with Crippen LogP contribution in [0.4, 0.5) is 5.69 Å². The third-order valence-electron chi connectivity index (χ3n) is 3.25. The quantitative estimate of drug-likeness (QED) is 0.866. The van der Waals surface area contributed by atoms with Gasteiger partial charge in [-0.2, -0.15) is 0 Å². The molecule has 0 bridgehead atoms. The summed E-state index contributed by atoms with van der Waals surface area (Å²) < 4.78 is 5.25. The predicted octanol–water partition coefficient (Wildman–Crippen LogP) is 1.47. The average Bonchev–Trinajstić information content (AvgIpc) is 2.41. The SMILES string of the molecule is COc1cc(C)ccc1NC(=O)C1CCC(=O)NC1. The van der Waals surface area contributed by atoms with Crippen LogP contribution < -0.4 is 15.4 Å². The Balaban J connectivity index is 2.04. The van der Waals surface area contributed by atoms with Gasteiger partial charge in [-0.1, -0.05) is 6.07 Å². The zero-order valence-corrected chi connectivity index (χ0v) is 11.2. The molecule has 5 heteroatoms. The highest BCUT2D eigenvalue weighted by atomic mass is 16.5. The van der Waals surface area contributed by atoms with Crippen molar-refractivity contribution in [3.8, 4) is 5.75 Å². The molecule has 0 radical (unpaired) electrons. The molecule has 1 unspecified atom stereocenters. The number of aryl methyl sites for hydroxylation is 1. The van der Waals surface area contributed by atoms with Gasteiger partial charge in [0.15, 0.2) is 0 Å². The summed E-state index contributed by atoms with van der Waals surface area (Å²) in [5.74, 6) is 0.399. The first-order valence-corrected chi connectivity index (χ1v) is 6.32. The fourth-order valence-electron chi connectivity index (χ4n) is 2.09. The van der Waals surface area contributed by atoms with E-state index < -0.39 is 0 Å². The van der Waals surface area contributed by atoms with Crippen molar-refractivity contribution in [2.75, 3.05) is 19.0 Å². The Hall–Kier alpha value is -2.04. The topological polar surface area (TPSA) is 67.4 Å². The van der Waals surface area contributed by atoms with Gasteiger partial charge in [0.25, 0.3) is 0 Å². The molecule has 0 aromatic heterocycles. The van der Waals surface area contributed by atoms with Crippen LogP contribution in [0.15, 0.2) is 18.2 Å². The maximum atomic E-state index is 12.1. The van der Waals surface area contributed by atoms with Gasteiger partial charge in [-0.05, 0) is 31.0 Å². The third kappa shape index (κ3) is 3.24. The Morgan fingerprint density at radius 2 is 2.26 bits per heavy atom. The van der Waals surface area contributed by atoms with Crippen molar-refractivity contribution in [1.82, 2.24) is 5.32 Å². The maximum Gasteiger partial charge on any atom is 0.229 e. The van der Waals surface area contributed by atoms with Crippen LogP contribution in [0, 0.1) is 12.8 Å². The Kier molecular flexibility index (Phi) is 4.04. The molecule has 5 nitrogen and oxygen atoms in total. The van der Waals surface area contributed by atoms with Gasteiger partial charge < -0.3 is 15.4 Å². The van der Waals surface area contributed by atoms with Crippen LogP contribution >= 0.6 is 0 Å². The van der Waals surface area contributed by atoms with E-state index in [0.717, 1.165) is 5.56 Å². The van der Waals surface area contributed by atoms with Crippen molar-refractivity contribution < 1.29 is 14.3 Å². The minimum Gasteiger partial charge on any atom is -0.495 e. The molecule has 1 aliphatic heterocycles. The molecule has 0 aliphatic carbocycles. The van der Waals surface area contributed by atoms with Crippen LogP contribution in [0.2, 0.25) is 0 Å². The van der Waals surface area contributed by atoms with Gasteiger partial charge in [0.1, 0.15) is 5.75 Å². The number of carbonyl (C=O) groups excluding carboxylic acids is 2. The van der Waals surface area contributed by atoms with E-state index >= 15 is 0 Å². The molecule has 102 valence electrons. The molecule has 0 saturated carbocycles. The molecule has 2 rings (SSSR count). The van der Waals surface area contributed by atoms with Crippen LogP contribution in [0.25, 0.3) is 0 Å². The Morgan fingerprint density at radius 3 is 2.89 bits per heavy atom. The summed E-state index contributed by atoms with van der Waals surface area (Å²) in [6.07, 6.45) is 0.995.